The van der Waals surface area contributed by atoms with Crippen molar-refractivity contribution in [3.8, 4) is 0 Å². The number of carbonyl (C=O) groups excluding carboxylic acids is 2. The van der Waals surface area contributed by atoms with Gasteiger partial charge in [-0.2, -0.15) is 18.4 Å². The van der Waals surface area contributed by atoms with Gasteiger partial charge in [-0.05, 0) is 93.1 Å². The summed E-state index contributed by atoms with van der Waals surface area (Å²) in [6.45, 7) is 13.5. The molecule has 6 atom stereocenters. The van der Waals surface area contributed by atoms with E-state index in [1.165, 1.54) is 31.3 Å². The van der Waals surface area contributed by atoms with Gasteiger partial charge in [-0.25, -0.2) is 0 Å². The van der Waals surface area contributed by atoms with E-state index in [9.17, 15) is 22.6 Å². The van der Waals surface area contributed by atoms with Gasteiger partial charge >= 0.3 is 0 Å². The Labute approximate surface area is 303 Å². The Balaban J connectivity index is 1.01. The van der Waals surface area contributed by atoms with Gasteiger partial charge in [-0.3, -0.25) is 19.0 Å². The van der Waals surface area contributed by atoms with Crippen LogP contribution in [0.1, 0.15) is 72.1 Å². The number of piperazine rings is 1. The van der Waals surface area contributed by atoms with E-state index in [4.69, 9.17) is 9.97 Å². The van der Waals surface area contributed by atoms with Crippen LogP contribution in [0.25, 0.3) is 0 Å². The molecule has 1 aromatic heterocycles. The minimum atomic E-state index is -4.33. The van der Waals surface area contributed by atoms with Crippen LogP contribution in [0, 0.1) is 34.0 Å². The number of rotatable bonds is 8. The molecular formula is C39H54N6O5S. The number of aromatic nitrogens is 2. The van der Waals surface area contributed by atoms with Crippen molar-refractivity contribution in [2.24, 2.45) is 34.0 Å². The average Bonchev–Trinajstić information content (AvgIpc) is 3.85. The minimum Gasteiger partial charge on any atom is -0.356 e. The molecule has 4 heterocycles. The third-order valence-corrected chi connectivity index (χ3v) is 14.9. The molecule has 0 spiro atoms. The summed E-state index contributed by atoms with van der Waals surface area (Å²) < 4.78 is 35.3. The molecule has 1 N–H and O–H groups in total. The van der Waals surface area contributed by atoms with Gasteiger partial charge in [-0.1, -0.05) is 37.1 Å². The normalized spacial score (nSPS) is 35.4. The van der Waals surface area contributed by atoms with Crippen molar-refractivity contribution in [3.05, 3.63) is 41.5 Å². The van der Waals surface area contributed by atoms with Crippen molar-refractivity contribution in [2.75, 3.05) is 79.4 Å². The first-order valence-corrected chi connectivity index (χ1v) is 20.9. The van der Waals surface area contributed by atoms with E-state index in [-0.39, 0.29) is 35.4 Å². The SMILES string of the molecule is C[C@]12C=CC(=O)C=C1CC[C@@H]1C2=CC[C@@]2(C)[C@H]1C[C@@](C)(CS(=O)(=O)O)[C@@H]2C(=O)CN1CCN(c2cc(N3CCCC3)nc(N3CCCC3)n2)CC1. The summed E-state index contributed by atoms with van der Waals surface area (Å²) in [6, 6.07) is 2.14. The van der Waals surface area contributed by atoms with Crippen molar-refractivity contribution < 1.29 is 22.6 Å². The van der Waals surface area contributed by atoms with Crippen LogP contribution >= 0.6 is 0 Å². The third-order valence-electron chi connectivity index (χ3n) is 13.8. The van der Waals surface area contributed by atoms with Crippen molar-refractivity contribution in [3.63, 3.8) is 0 Å². The Morgan fingerprint density at radius 2 is 1.55 bits per heavy atom. The number of anilines is 3. The number of hydrogen-bond donors (Lipinski definition) is 1. The Bertz CT molecular complexity index is 1760. The van der Waals surface area contributed by atoms with E-state index in [2.05, 4.69) is 45.6 Å². The lowest BCUT2D eigenvalue weighted by Crippen LogP contribution is -2.52. The summed E-state index contributed by atoms with van der Waals surface area (Å²) in [5.74, 6) is 2.27. The molecule has 7 aliphatic rings. The molecule has 0 bridgehead atoms. The fourth-order valence-corrected chi connectivity index (χ4v) is 12.7. The molecule has 0 amide bonds. The maximum atomic E-state index is 14.7. The predicted molar refractivity (Wildman–Crippen MR) is 199 cm³/mol. The third kappa shape index (κ3) is 6.26. The first-order valence-electron chi connectivity index (χ1n) is 19.2. The molecule has 51 heavy (non-hydrogen) atoms. The zero-order valence-corrected chi connectivity index (χ0v) is 31.3. The van der Waals surface area contributed by atoms with Crippen molar-refractivity contribution in [1.82, 2.24) is 14.9 Å². The second kappa shape index (κ2) is 12.8. The van der Waals surface area contributed by atoms with E-state index < -0.39 is 32.6 Å². The number of hydrogen-bond acceptors (Lipinski definition) is 10. The zero-order chi connectivity index (χ0) is 35.8. The average molecular weight is 719 g/mol. The summed E-state index contributed by atoms with van der Waals surface area (Å²) in [5, 5.41) is 0. The molecule has 5 fully saturated rings. The van der Waals surface area contributed by atoms with Gasteiger partial charge in [0.25, 0.3) is 10.1 Å². The molecule has 2 saturated carbocycles. The van der Waals surface area contributed by atoms with Crippen LogP contribution in [0.3, 0.4) is 0 Å². The Morgan fingerprint density at radius 1 is 0.922 bits per heavy atom. The molecule has 3 saturated heterocycles. The molecule has 0 unspecified atom stereocenters. The topological polar surface area (TPSA) is 127 Å². The predicted octanol–water partition coefficient (Wildman–Crippen LogP) is 4.72. The molecule has 8 rings (SSSR count). The monoisotopic (exact) mass is 718 g/mol. The van der Waals surface area contributed by atoms with Gasteiger partial charge in [0.2, 0.25) is 5.95 Å². The lowest BCUT2D eigenvalue weighted by atomic mass is 9.52. The molecule has 12 heteroatoms. The molecular weight excluding hydrogens is 665 g/mol. The van der Waals surface area contributed by atoms with Crippen LogP contribution in [0.5, 0.6) is 0 Å². The highest BCUT2D eigenvalue weighted by atomic mass is 32.2. The van der Waals surface area contributed by atoms with E-state index in [1.54, 1.807) is 12.2 Å². The Kier molecular flexibility index (Phi) is 8.77. The zero-order valence-electron chi connectivity index (χ0n) is 30.5. The fourth-order valence-electron chi connectivity index (χ4n) is 11.5. The van der Waals surface area contributed by atoms with E-state index >= 15 is 0 Å². The van der Waals surface area contributed by atoms with Crippen molar-refractivity contribution >= 4 is 39.3 Å². The van der Waals surface area contributed by atoms with Crippen molar-refractivity contribution in [1.29, 1.82) is 0 Å². The summed E-state index contributed by atoms with van der Waals surface area (Å²) in [6.07, 6.45) is 15.4. The van der Waals surface area contributed by atoms with Gasteiger partial charge < -0.3 is 14.7 Å². The van der Waals surface area contributed by atoms with Crippen LogP contribution < -0.4 is 14.7 Å². The van der Waals surface area contributed by atoms with Gasteiger partial charge in [0, 0.05) is 69.8 Å². The highest BCUT2D eigenvalue weighted by molar-refractivity contribution is 7.85. The Hall–Kier alpha value is -3.09. The Morgan fingerprint density at radius 3 is 2.20 bits per heavy atom. The van der Waals surface area contributed by atoms with Gasteiger partial charge in [0.15, 0.2) is 11.6 Å². The van der Waals surface area contributed by atoms with Gasteiger partial charge in [0.05, 0.1) is 12.3 Å². The molecule has 4 aliphatic carbocycles. The summed E-state index contributed by atoms with van der Waals surface area (Å²) in [7, 11) is -4.33. The van der Waals surface area contributed by atoms with Crippen LogP contribution in [0.4, 0.5) is 17.6 Å². The standard InChI is InChI=1S/C39H54N6O5S/c1-37(26-51(48,49)50)24-31-29-9-8-27-22-28(46)10-12-38(27,2)30(29)11-13-39(31,3)35(37)32(47)25-42-18-20-44(21-19-42)34-23-33(43-14-4-5-15-43)40-36(41-34)45-16-6-7-17-45/h10-12,22-23,29,31,35H,4-9,13-21,24-26H2,1-3H3,(H,48,49,50)/t29-,31+,35+,37+,38+,39+/m1/s1. The van der Waals surface area contributed by atoms with Gasteiger partial charge in [0.1, 0.15) is 11.6 Å². The summed E-state index contributed by atoms with van der Waals surface area (Å²) in [5.41, 5.74) is 0.803. The molecule has 0 aromatic carbocycles. The van der Waals surface area contributed by atoms with E-state index in [0.29, 0.717) is 25.9 Å². The molecule has 276 valence electrons. The minimum absolute atomic E-state index is 0.0333. The van der Waals surface area contributed by atoms with Crippen molar-refractivity contribution in [2.45, 2.75) is 72.1 Å². The van der Waals surface area contributed by atoms with Crippen LogP contribution in [0.2, 0.25) is 0 Å². The summed E-state index contributed by atoms with van der Waals surface area (Å²) in [4.78, 5) is 46.2. The second-order valence-electron chi connectivity index (χ2n) is 17.2. The number of fused-ring (bicyclic) bond motifs is 5. The number of allylic oxidation sites excluding steroid dienone is 6. The number of carbonyl (C=O) groups is 2. The number of ketones is 2. The maximum Gasteiger partial charge on any atom is 0.265 e. The largest absolute Gasteiger partial charge is 0.356 e. The fraction of sp³-hybridized carbons (Fsp3) is 0.692. The highest BCUT2D eigenvalue weighted by Crippen LogP contribution is 2.68. The second-order valence-corrected chi connectivity index (χ2v) is 18.7. The van der Waals surface area contributed by atoms with Gasteiger partial charge in [-0.15, -0.1) is 0 Å². The first-order chi connectivity index (χ1) is 24.3. The molecule has 1 aromatic rings. The molecule has 11 nitrogen and oxygen atoms in total. The van der Waals surface area contributed by atoms with Crippen LogP contribution in [-0.4, -0.2) is 104 Å². The van der Waals surface area contributed by atoms with E-state index in [1.807, 2.05) is 13.0 Å². The lowest BCUT2D eigenvalue weighted by molar-refractivity contribution is -0.131. The van der Waals surface area contributed by atoms with E-state index in [0.717, 1.165) is 75.3 Å². The van der Waals surface area contributed by atoms with Crippen LogP contribution in [-0.2, 0) is 19.7 Å². The molecule has 0 radical (unpaired) electrons. The number of nitrogens with zero attached hydrogens (tertiary/aromatic N) is 6. The highest BCUT2D eigenvalue weighted by Gasteiger charge is 2.65. The molecule has 3 aliphatic heterocycles. The quantitative estimate of drug-likeness (QED) is 0.297. The van der Waals surface area contributed by atoms with Crippen LogP contribution in [0.15, 0.2) is 41.5 Å². The number of Topliss-reactive ketones (excluding diaryl/α,β-unsaturated/α-hetero) is 1. The lowest BCUT2D eigenvalue weighted by Gasteiger charge is -2.52. The summed E-state index contributed by atoms with van der Waals surface area (Å²) >= 11 is 0. The maximum absolute atomic E-state index is 14.7. The first kappa shape index (κ1) is 35.0. The smallest absolute Gasteiger partial charge is 0.265 e.